The van der Waals surface area contributed by atoms with Gasteiger partial charge in [0.2, 0.25) is 4.87 Å². The van der Waals surface area contributed by atoms with Gasteiger partial charge in [-0.2, -0.15) is 0 Å². The quantitative estimate of drug-likeness (QED) is 0.400. The molecule has 0 saturated heterocycles. The van der Waals surface area contributed by atoms with Gasteiger partial charge in [-0.1, -0.05) is 25.4 Å². The molecule has 0 aliphatic rings. The monoisotopic (exact) mass is 206 g/mol. The van der Waals surface area contributed by atoms with Crippen molar-refractivity contribution in [2.75, 3.05) is 6.61 Å². The van der Waals surface area contributed by atoms with E-state index in [1.165, 1.54) is 6.92 Å². The first-order chi connectivity index (χ1) is 5.87. The van der Waals surface area contributed by atoms with E-state index in [2.05, 4.69) is 0 Å². The molecule has 0 aromatic rings. The highest BCUT2D eigenvalue weighted by Crippen LogP contribution is 2.28. The predicted octanol–water partition coefficient (Wildman–Crippen LogP) is 1.77. The molecule has 0 aliphatic heterocycles. The second-order valence-corrected chi connectivity index (χ2v) is 3.74. The summed E-state index contributed by atoms with van der Waals surface area (Å²) in [6, 6.07) is 0. The van der Waals surface area contributed by atoms with Crippen molar-refractivity contribution in [3.8, 4) is 0 Å². The summed E-state index contributed by atoms with van der Waals surface area (Å²) in [5.74, 6) is -1.30. The van der Waals surface area contributed by atoms with Gasteiger partial charge in [0.15, 0.2) is 5.78 Å². The first-order valence-corrected chi connectivity index (χ1v) is 4.62. The second-order valence-electron chi connectivity index (χ2n) is 3.14. The van der Waals surface area contributed by atoms with Crippen LogP contribution in [0.4, 0.5) is 0 Å². The Hall–Kier alpha value is -0.570. The van der Waals surface area contributed by atoms with E-state index in [1.807, 2.05) is 0 Å². The number of ketones is 1. The molecule has 0 N–H and O–H groups in total. The summed E-state index contributed by atoms with van der Waals surface area (Å²) < 4.78 is 4.74. The molecule has 0 heterocycles. The number of ether oxygens (including phenoxy) is 1. The summed E-state index contributed by atoms with van der Waals surface area (Å²) in [7, 11) is 0. The summed E-state index contributed by atoms with van der Waals surface area (Å²) in [5, 5.41) is 0. The fourth-order valence-electron chi connectivity index (χ4n) is 1.02. The number of rotatable bonds is 4. The molecule has 0 fully saturated rings. The molecule has 1 atom stereocenters. The molecule has 0 aromatic carbocycles. The number of halogens is 1. The lowest BCUT2D eigenvalue weighted by Gasteiger charge is -2.25. The maximum atomic E-state index is 11.4. The highest BCUT2D eigenvalue weighted by Gasteiger charge is 2.45. The standard InChI is InChI=1S/C9H15ClO3/c1-5-13-8(12)9(10,6(2)3)7(4)11/h6H,5H2,1-4H3. The summed E-state index contributed by atoms with van der Waals surface area (Å²) in [4.78, 5) is 21.0. The van der Waals surface area contributed by atoms with Crippen LogP contribution in [0.3, 0.4) is 0 Å². The van der Waals surface area contributed by atoms with E-state index >= 15 is 0 Å². The molecule has 0 bridgehead atoms. The van der Waals surface area contributed by atoms with E-state index in [9.17, 15) is 9.59 Å². The third-order valence-electron chi connectivity index (χ3n) is 1.88. The number of alkyl halides is 1. The van der Waals surface area contributed by atoms with Crippen LogP contribution in [0, 0.1) is 5.92 Å². The van der Waals surface area contributed by atoms with Crippen LogP contribution in [-0.2, 0) is 14.3 Å². The summed E-state index contributed by atoms with van der Waals surface area (Å²) in [6.07, 6.45) is 0. The van der Waals surface area contributed by atoms with Crippen LogP contribution in [0.2, 0.25) is 0 Å². The Balaban J connectivity index is 4.79. The molecule has 0 rings (SSSR count). The highest BCUT2D eigenvalue weighted by molar-refractivity contribution is 6.45. The number of carbonyl (C=O) groups is 2. The van der Waals surface area contributed by atoms with E-state index in [4.69, 9.17) is 16.3 Å². The van der Waals surface area contributed by atoms with E-state index < -0.39 is 10.8 Å². The molecular weight excluding hydrogens is 192 g/mol. The first kappa shape index (κ1) is 12.4. The molecule has 0 aromatic heterocycles. The molecule has 4 heteroatoms. The molecule has 0 aliphatic carbocycles. The molecule has 0 radical (unpaired) electrons. The van der Waals surface area contributed by atoms with Crippen LogP contribution >= 0.6 is 11.6 Å². The van der Waals surface area contributed by atoms with E-state index in [0.717, 1.165) is 0 Å². The Morgan fingerprint density at radius 3 is 2.15 bits per heavy atom. The van der Waals surface area contributed by atoms with Gasteiger partial charge in [0.25, 0.3) is 0 Å². The molecule has 76 valence electrons. The van der Waals surface area contributed by atoms with Crippen LogP contribution < -0.4 is 0 Å². The van der Waals surface area contributed by atoms with Crippen LogP contribution in [0.1, 0.15) is 27.7 Å². The van der Waals surface area contributed by atoms with Gasteiger partial charge in [-0.15, -0.1) is 0 Å². The third kappa shape index (κ3) is 2.44. The van der Waals surface area contributed by atoms with Gasteiger partial charge in [-0.05, 0) is 19.8 Å². The minimum Gasteiger partial charge on any atom is -0.464 e. The summed E-state index contributed by atoms with van der Waals surface area (Å²) in [5.41, 5.74) is 0. The topological polar surface area (TPSA) is 43.4 Å². The van der Waals surface area contributed by atoms with Gasteiger partial charge in [-0.3, -0.25) is 4.79 Å². The zero-order valence-corrected chi connectivity index (χ0v) is 9.14. The van der Waals surface area contributed by atoms with Crippen LogP contribution in [0.15, 0.2) is 0 Å². The Morgan fingerprint density at radius 2 is 1.92 bits per heavy atom. The average Bonchev–Trinajstić information content (AvgIpc) is 2.02. The van der Waals surface area contributed by atoms with Crippen molar-refractivity contribution in [2.24, 2.45) is 5.92 Å². The third-order valence-corrected chi connectivity index (χ3v) is 2.74. The van der Waals surface area contributed by atoms with Gasteiger partial charge in [-0.25, -0.2) is 4.79 Å². The van der Waals surface area contributed by atoms with E-state index in [1.54, 1.807) is 20.8 Å². The highest BCUT2D eigenvalue weighted by atomic mass is 35.5. The van der Waals surface area contributed by atoms with Crippen molar-refractivity contribution >= 4 is 23.4 Å². The number of Topliss-reactive ketones (excluding diaryl/α,β-unsaturated/α-hetero) is 1. The first-order valence-electron chi connectivity index (χ1n) is 4.24. The molecule has 0 spiro atoms. The smallest absolute Gasteiger partial charge is 0.335 e. The van der Waals surface area contributed by atoms with Crippen molar-refractivity contribution in [1.82, 2.24) is 0 Å². The molecule has 3 nitrogen and oxygen atoms in total. The van der Waals surface area contributed by atoms with Crippen molar-refractivity contribution in [2.45, 2.75) is 32.6 Å². The second kappa shape index (κ2) is 4.61. The Labute approximate surface area is 83.4 Å². The zero-order chi connectivity index (χ0) is 10.6. The van der Waals surface area contributed by atoms with E-state index in [-0.39, 0.29) is 18.3 Å². The molecular formula is C9H15ClO3. The van der Waals surface area contributed by atoms with Gasteiger partial charge in [0.05, 0.1) is 6.61 Å². The largest absolute Gasteiger partial charge is 0.464 e. The number of carbonyl (C=O) groups excluding carboxylic acids is 2. The molecule has 13 heavy (non-hydrogen) atoms. The predicted molar refractivity (Wildman–Crippen MR) is 50.7 cm³/mol. The van der Waals surface area contributed by atoms with Gasteiger partial charge >= 0.3 is 5.97 Å². The summed E-state index contributed by atoms with van der Waals surface area (Å²) >= 11 is 5.91. The van der Waals surface area contributed by atoms with Crippen molar-refractivity contribution in [1.29, 1.82) is 0 Å². The number of esters is 1. The van der Waals surface area contributed by atoms with Crippen molar-refractivity contribution < 1.29 is 14.3 Å². The molecule has 0 saturated carbocycles. The fourth-order valence-corrected chi connectivity index (χ4v) is 1.08. The minimum atomic E-state index is -1.52. The minimum absolute atomic E-state index is 0.229. The van der Waals surface area contributed by atoms with Crippen molar-refractivity contribution in [3.05, 3.63) is 0 Å². The lowest BCUT2D eigenvalue weighted by Crippen LogP contribution is -2.45. The maximum absolute atomic E-state index is 11.4. The lowest BCUT2D eigenvalue weighted by atomic mass is 9.91. The van der Waals surface area contributed by atoms with Crippen LogP contribution in [0.5, 0.6) is 0 Å². The SMILES string of the molecule is CCOC(=O)C(Cl)(C(C)=O)C(C)C. The average molecular weight is 207 g/mol. The van der Waals surface area contributed by atoms with Crippen LogP contribution in [0.25, 0.3) is 0 Å². The van der Waals surface area contributed by atoms with E-state index in [0.29, 0.717) is 0 Å². The fraction of sp³-hybridized carbons (Fsp3) is 0.778. The van der Waals surface area contributed by atoms with Gasteiger partial charge < -0.3 is 4.74 Å². The maximum Gasteiger partial charge on any atom is 0.335 e. The Bertz CT molecular complexity index is 213. The Kier molecular flexibility index (Phi) is 4.40. The zero-order valence-electron chi connectivity index (χ0n) is 8.39. The number of hydrogen-bond acceptors (Lipinski definition) is 3. The molecule has 0 amide bonds. The van der Waals surface area contributed by atoms with Crippen LogP contribution in [-0.4, -0.2) is 23.2 Å². The van der Waals surface area contributed by atoms with Gasteiger partial charge in [0.1, 0.15) is 0 Å². The lowest BCUT2D eigenvalue weighted by molar-refractivity contribution is -0.150. The van der Waals surface area contributed by atoms with Crippen molar-refractivity contribution in [3.63, 3.8) is 0 Å². The van der Waals surface area contributed by atoms with Gasteiger partial charge in [0, 0.05) is 0 Å². The summed E-state index contributed by atoms with van der Waals surface area (Å²) in [6.45, 7) is 6.63. The Morgan fingerprint density at radius 1 is 1.46 bits per heavy atom. The number of hydrogen-bond donors (Lipinski definition) is 0. The normalized spacial score (nSPS) is 15.2. The molecule has 1 unspecified atom stereocenters.